The fraction of sp³-hybridized carbons (Fsp3) is 0.261. The fourth-order valence-electron chi connectivity index (χ4n) is 2.90. The number of ether oxygens (including phenoxy) is 2. The maximum absolute atomic E-state index is 12.4. The molecule has 0 atom stereocenters. The highest BCUT2D eigenvalue weighted by Crippen LogP contribution is 2.23. The molecule has 1 amide bonds. The molecular formula is C23H22N2O4S2. The first-order chi connectivity index (χ1) is 15.0. The Balaban J connectivity index is 1.69. The number of methoxy groups -OCH3 is 2. The number of fused-ring (bicyclic) bond motifs is 1. The van der Waals surface area contributed by atoms with E-state index in [4.69, 9.17) is 15.9 Å². The molecule has 6 nitrogen and oxygen atoms in total. The van der Waals surface area contributed by atoms with E-state index in [9.17, 15) is 9.59 Å². The van der Waals surface area contributed by atoms with Gasteiger partial charge in [-0.2, -0.15) is 4.99 Å². The van der Waals surface area contributed by atoms with Crippen LogP contribution in [0.1, 0.15) is 23.2 Å². The van der Waals surface area contributed by atoms with Gasteiger partial charge in [0.15, 0.2) is 4.80 Å². The van der Waals surface area contributed by atoms with Crippen LogP contribution in [0.5, 0.6) is 5.75 Å². The molecule has 0 saturated heterocycles. The predicted octanol–water partition coefficient (Wildman–Crippen LogP) is 4.13. The monoisotopic (exact) mass is 454 g/mol. The third-order valence-electron chi connectivity index (χ3n) is 4.44. The first-order valence-corrected chi connectivity index (χ1v) is 11.4. The molecular weight excluding hydrogens is 432 g/mol. The number of hydrogen-bond acceptors (Lipinski definition) is 6. The average molecular weight is 455 g/mol. The van der Waals surface area contributed by atoms with E-state index in [0.717, 1.165) is 26.6 Å². The fourth-order valence-corrected chi connectivity index (χ4v) is 4.83. The van der Waals surface area contributed by atoms with E-state index in [1.807, 2.05) is 28.8 Å². The van der Waals surface area contributed by atoms with Crippen molar-refractivity contribution in [2.45, 2.75) is 24.3 Å². The summed E-state index contributed by atoms with van der Waals surface area (Å²) in [4.78, 5) is 30.2. The van der Waals surface area contributed by atoms with Gasteiger partial charge in [-0.15, -0.1) is 18.2 Å². The number of carbonyl (C=O) groups is 2. The molecule has 0 fully saturated rings. The summed E-state index contributed by atoms with van der Waals surface area (Å²) in [5.41, 5.74) is 1.27. The number of amides is 1. The van der Waals surface area contributed by atoms with Crippen LogP contribution < -0.4 is 9.54 Å². The van der Waals surface area contributed by atoms with Crippen LogP contribution >= 0.6 is 23.1 Å². The van der Waals surface area contributed by atoms with Crippen molar-refractivity contribution in [2.75, 3.05) is 20.0 Å². The molecule has 0 aliphatic rings. The second-order valence-corrected chi connectivity index (χ2v) is 8.66. The molecule has 0 aliphatic heterocycles. The zero-order valence-electron chi connectivity index (χ0n) is 17.3. The average Bonchev–Trinajstić information content (AvgIpc) is 3.12. The summed E-state index contributed by atoms with van der Waals surface area (Å²) < 4.78 is 12.6. The highest BCUT2D eigenvalue weighted by atomic mass is 32.2. The van der Waals surface area contributed by atoms with Crippen molar-refractivity contribution in [3.63, 3.8) is 0 Å². The van der Waals surface area contributed by atoms with Crippen LogP contribution in [0.25, 0.3) is 10.2 Å². The molecule has 3 rings (SSSR count). The highest BCUT2D eigenvalue weighted by molar-refractivity contribution is 7.99. The maximum atomic E-state index is 12.4. The summed E-state index contributed by atoms with van der Waals surface area (Å²) in [5, 5.41) is 0. The van der Waals surface area contributed by atoms with E-state index in [-0.39, 0.29) is 12.5 Å². The van der Waals surface area contributed by atoms with Gasteiger partial charge in [-0.3, -0.25) is 4.79 Å². The Morgan fingerprint density at radius 3 is 2.65 bits per heavy atom. The first kappa shape index (κ1) is 22.7. The maximum Gasteiger partial charge on any atom is 0.337 e. The highest BCUT2D eigenvalue weighted by Gasteiger charge is 2.11. The van der Waals surface area contributed by atoms with Gasteiger partial charge >= 0.3 is 5.97 Å². The number of thioether (sulfide) groups is 1. The lowest BCUT2D eigenvalue weighted by Gasteiger charge is -2.03. The lowest BCUT2D eigenvalue weighted by Crippen LogP contribution is -2.16. The number of nitrogens with zero attached hydrogens (tertiary/aromatic N) is 2. The molecule has 0 N–H and O–H groups in total. The molecule has 31 heavy (non-hydrogen) atoms. The van der Waals surface area contributed by atoms with Gasteiger partial charge in [0.1, 0.15) is 5.75 Å². The van der Waals surface area contributed by atoms with Crippen LogP contribution in [0.4, 0.5) is 0 Å². The second-order valence-electron chi connectivity index (χ2n) is 6.48. The van der Waals surface area contributed by atoms with Crippen molar-refractivity contribution in [1.82, 2.24) is 4.57 Å². The molecule has 0 radical (unpaired) electrons. The number of terminal acetylenes is 1. The SMILES string of the molecule is C#CCn1c(=NC(=O)CCCSc2ccc(OC)cc2)sc2cc(C(=O)OC)ccc21. The standard InChI is InChI=1S/C23H22N2O4S2/c1-4-13-25-19-12-7-16(22(27)29-3)15-20(19)31-23(25)24-21(26)6-5-14-30-18-10-8-17(28-2)9-11-18/h1,7-12,15H,5-6,13-14H2,2-3H3. The smallest absolute Gasteiger partial charge is 0.337 e. The number of rotatable bonds is 8. The van der Waals surface area contributed by atoms with Gasteiger partial charge < -0.3 is 14.0 Å². The van der Waals surface area contributed by atoms with Crippen LogP contribution in [0.2, 0.25) is 0 Å². The van der Waals surface area contributed by atoms with Gasteiger partial charge in [0.2, 0.25) is 5.91 Å². The molecule has 0 unspecified atom stereocenters. The molecule has 1 aromatic heterocycles. The van der Waals surface area contributed by atoms with Gasteiger partial charge in [0.25, 0.3) is 0 Å². The Hall–Kier alpha value is -3.02. The third-order valence-corrected chi connectivity index (χ3v) is 6.58. The Morgan fingerprint density at radius 2 is 1.97 bits per heavy atom. The van der Waals surface area contributed by atoms with E-state index >= 15 is 0 Å². The Morgan fingerprint density at radius 1 is 1.19 bits per heavy atom. The lowest BCUT2D eigenvalue weighted by molar-refractivity contribution is -0.118. The summed E-state index contributed by atoms with van der Waals surface area (Å²) >= 11 is 3.02. The van der Waals surface area contributed by atoms with Crippen LogP contribution in [-0.4, -0.2) is 36.4 Å². The van der Waals surface area contributed by atoms with Crippen molar-refractivity contribution in [1.29, 1.82) is 0 Å². The van der Waals surface area contributed by atoms with Crippen molar-refractivity contribution >= 4 is 45.2 Å². The minimum Gasteiger partial charge on any atom is -0.497 e. The molecule has 0 spiro atoms. The minimum absolute atomic E-state index is 0.194. The van der Waals surface area contributed by atoms with E-state index in [2.05, 4.69) is 10.9 Å². The summed E-state index contributed by atoms with van der Waals surface area (Å²) in [6.45, 7) is 0.289. The summed E-state index contributed by atoms with van der Waals surface area (Å²) in [7, 11) is 2.98. The Labute approximate surface area is 188 Å². The van der Waals surface area contributed by atoms with Crippen molar-refractivity contribution in [3.05, 3.63) is 52.8 Å². The lowest BCUT2D eigenvalue weighted by atomic mass is 10.2. The van der Waals surface area contributed by atoms with E-state index in [1.165, 1.54) is 18.4 Å². The molecule has 0 aliphatic carbocycles. The van der Waals surface area contributed by atoms with E-state index in [0.29, 0.717) is 23.2 Å². The normalized spacial score (nSPS) is 11.3. The number of esters is 1. The number of aromatic nitrogens is 1. The zero-order valence-corrected chi connectivity index (χ0v) is 18.9. The van der Waals surface area contributed by atoms with E-state index < -0.39 is 5.97 Å². The Kier molecular flexibility index (Phi) is 7.93. The molecule has 0 bridgehead atoms. The largest absolute Gasteiger partial charge is 0.497 e. The van der Waals surface area contributed by atoms with Crippen molar-refractivity contribution in [3.8, 4) is 18.1 Å². The summed E-state index contributed by atoms with van der Waals surface area (Å²) in [6, 6.07) is 13.0. The van der Waals surface area contributed by atoms with Gasteiger partial charge in [-0.05, 0) is 54.6 Å². The van der Waals surface area contributed by atoms with Gasteiger partial charge in [0.05, 0.1) is 36.5 Å². The molecule has 3 aromatic rings. The number of carbonyl (C=O) groups excluding carboxylic acids is 2. The number of hydrogen-bond donors (Lipinski definition) is 0. The van der Waals surface area contributed by atoms with E-state index in [1.54, 1.807) is 37.1 Å². The van der Waals surface area contributed by atoms with Gasteiger partial charge in [-0.25, -0.2) is 4.79 Å². The third kappa shape index (κ3) is 5.78. The predicted molar refractivity (Wildman–Crippen MR) is 124 cm³/mol. The first-order valence-electron chi connectivity index (χ1n) is 9.55. The van der Waals surface area contributed by atoms with Gasteiger partial charge in [0, 0.05) is 11.3 Å². The van der Waals surface area contributed by atoms with Gasteiger partial charge in [-0.1, -0.05) is 17.3 Å². The second kappa shape index (κ2) is 10.8. The number of benzene rings is 2. The van der Waals surface area contributed by atoms with Crippen LogP contribution in [0, 0.1) is 12.3 Å². The summed E-state index contributed by atoms with van der Waals surface area (Å²) in [6.07, 6.45) is 6.57. The molecule has 8 heteroatoms. The zero-order chi connectivity index (χ0) is 22.2. The summed E-state index contributed by atoms with van der Waals surface area (Å²) in [5.74, 6) is 3.62. The topological polar surface area (TPSA) is 69.9 Å². The van der Waals surface area contributed by atoms with Crippen molar-refractivity contribution < 1.29 is 19.1 Å². The molecule has 1 heterocycles. The molecule has 2 aromatic carbocycles. The minimum atomic E-state index is -0.414. The molecule has 0 saturated carbocycles. The van der Waals surface area contributed by atoms with Crippen molar-refractivity contribution in [2.24, 2.45) is 4.99 Å². The van der Waals surface area contributed by atoms with Crippen LogP contribution in [0.3, 0.4) is 0 Å². The number of thiazole rings is 1. The quantitative estimate of drug-likeness (QED) is 0.222. The van der Waals surface area contributed by atoms with Crippen LogP contribution in [0.15, 0.2) is 52.4 Å². The molecule has 160 valence electrons. The Bertz CT molecular complexity index is 1190. The van der Waals surface area contributed by atoms with Crippen LogP contribution in [-0.2, 0) is 16.1 Å².